The lowest BCUT2D eigenvalue weighted by Crippen LogP contribution is -2.28. The molecule has 0 radical (unpaired) electrons. The molecular formula is C9H13O+. The van der Waals surface area contributed by atoms with Crippen LogP contribution in [0.2, 0.25) is 0 Å². The molecule has 0 unspecified atom stereocenters. The zero-order valence-electron chi connectivity index (χ0n) is 6.18. The van der Waals surface area contributed by atoms with Gasteiger partial charge in [0.2, 0.25) is 6.61 Å². The molecule has 1 heteroatoms. The first-order chi connectivity index (χ1) is 4.84. The summed E-state index contributed by atoms with van der Waals surface area (Å²) in [6.45, 7) is 5.98. The lowest BCUT2D eigenvalue weighted by atomic mass is 9.81. The molecule has 1 saturated carbocycles. The minimum Gasteiger partial charge on any atom is -0.193 e. The van der Waals surface area contributed by atoms with Crippen LogP contribution in [0.3, 0.4) is 0 Å². The van der Waals surface area contributed by atoms with E-state index in [1.165, 1.54) is 18.4 Å². The monoisotopic (exact) mass is 137 g/mol. The summed E-state index contributed by atoms with van der Waals surface area (Å²) in [6.07, 6.45) is 5.19. The third kappa shape index (κ3) is 1.06. The minimum absolute atomic E-state index is 0.472. The van der Waals surface area contributed by atoms with Crippen molar-refractivity contribution in [1.82, 2.24) is 0 Å². The number of ether oxygens (including phenoxy) is 1. The Hall–Kier alpha value is -0.430. The maximum absolute atomic E-state index is 5.43. The third-order valence-corrected chi connectivity index (χ3v) is 2.41. The number of fused-ring (bicyclic) bond motifs is 2. The Morgan fingerprint density at radius 2 is 2.40 bits per heavy atom. The highest BCUT2D eigenvalue weighted by atomic mass is 16.5. The third-order valence-electron chi connectivity index (χ3n) is 2.41. The summed E-state index contributed by atoms with van der Waals surface area (Å²) in [5.41, 5.74) is 1.38. The molecule has 10 heavy (non-hydrogen) atoms. The second-order valence-corrected chi connectivity index (χ2v) is 3.42. The van der Waals surface area contributed by atoms with Gasteiger partial charge in [-0.25, -0.2) is 0 Å². The van der Waals surface area contributed by atoms with E-state index in [9.17, 15) is 0 Å². The Labute approximate surface area is 62.1 Å². The standard InChI is InChI=1S/C9H13O/c1-7-4-8-2-3-10-9(5-7)6-8/h3,8-9H,1-2,4-6H2/q+1/t8-,9+/m0/s1. The van der Waals surface area contributed by atoms with Gasteiger partial charge in [0.1, 0.15) is 12.5 Å². The van der Waals surface area contributed by atoms with Crippen LogP contribution in [0.25, 0.3) is 0 Å². The highest BCUT2D eigenvalue weighted by Crippen LogP contribution is 2.36. The van der Waals surface area contributed by atoms with Gasteiger partial charge in [-0.2, -0.15) is 4.74 Å². The summed E-state index contributed by atoms with van der Waals surface area (Å²) in [4.78, 5) is 0. The van der Waals surface area contributed by atoms with Crippen molar-refractivity contribution in [3.8, 4) is 0 Å². The normalized spacial score (nSPS) is 39.0. The molecule has 0 amide bonds. The van der Waals surface area contributed by atoms with Gasteiger partial charge in [0.25, 0.3) is 0 Å². The Bertz CT molecular complexity index is 137. The first-order valence-electron chi connectivity index (χ1n) is 3.98. The van der Waals surface area contributed by atoms with Crippen molar-refractivity contribution in [3.63, 3.8) is 0 Å². The van der Waals surface area contributed by atoms with Crippen LogP contribution in [0.5, 0.6) is 0 Å². The zero-order chi connectivity index (χ0) is 6.97. The summed E-state index contributed by atoms with van der Waals surface area (Å²) in [7, 11) is 0. The maximum atomic E-state index is 5.43. The van der Waals surface area contributed by atoms with Gasteiger partial charge >= 0.3 is 0 Å². The van der Waals surface area contributed by atoms with Crippen LogP contribution in [-0.2, 0) is 4.74 Å². The summed E-state index contributed by atoms with van der Waals surface area (Å²) < 4.78 is 5.43. The molecule has 1 heterocycles. The second-order valence-electron chi connectivity index (χ2n) is 3.42. The van der Waals surface area contributed by atoms with Crippen molar-refractivity contribution in [2.75, 3.05) is 0 Å². The largest absolute Gasteiger partial charge is 0.227 e. The predicted octanol–water partition coefficient (Wildman–Crippen LogP) is 2.29. The molecule has 0 N–H and O–H groups in total. The molecule has 0 spiro atoms. The van der Waals surface area contributed by atoms with Gasteiger partial charge in [-0.1, -0.05) is 12.2 Å². The van der Waals surface area contributed by atoms with Crippen LogP contribution in [0.1, 0.15) is 25.7 Å². The molecule has 2 bridgehead atoms. The van der Waals surface area contributed by atoms with Crippen molar-refractivity contribution in [2.45, 2.75) is 31.8 Å². The van der Waals surface area contributed by atoms with Crippen LogP contribution >= 0.6 is 0 Å². The van der Waals surface area contributed by atoms with Crippen LogP contribution in [0.15, 0.2) is 12.2 Å². The number of hydrogen-bond acceptors (Lipinski definition) is 1. The van der Waals surface area contributed by atoms with Crippen molar-refractivity contribution in [2.24, 2.45) is 5.92 Å². The molecule has 0 aromatic rings. The second kappa shape index (κ2) is 2.31. The van der Waals surface area contributed by atoms with E-state index in [0.717, 1.165) is 18.8 Å². The Morgan fingerprint density at radius 3 is 3.20 bits per heavy atom. The Morgan fingerprint density at radius 1 is 1.50 bits per heavy atom. The molecule has 1 saturated heterocycles. The summed E-state index contributed by atoms with van der Waals surface area (Å²) in [6, 6.07) is 0. The molecule has 2 fully saturated rings. The summed E-state index contributed by atoms with van der Waals surface area (Å²) >= 11 is 0. The van der Waals surface area contributed by atoms with E-state index < -0.39 is 0 Å². The van der Waals surface area contributed by atoms with Crippen LogP contribution in [0, 0.1) is 12.5 Å². The van der Waals surface area contributed by atoms with Crippen LogP contribution < -0.4 is 0 Å². The topological polar surface area (TPSA) is 9.23 Å². The van der Waals surface area contributed by atoms with Gasteiger partial charge in [0.05, 0.1) is 0 Å². The van der Waals surface area contributed by atoms with Gasteiger partial charge in [0, 0.05) is 5.92 Å². The average Bonchev–Trinajstić information content (AvgIpc) is 1.85. The van der Waals surface area contributed by atoms with E-state index in [-0.39, 0.29) is 0 Å². The molecule has 0 aromatic heterocycles. The number of hydrogen-bond donors (Lipinski definition) is 0. The fourth-order valence-electron chi connectivity index (χ4n) is 1.96. The molecule has 2 aliphatic rings. The smallest absolute Gasteiger partial charge is 0.193 e. The van der Waals surface area contributed by atoms with E-state index >= 15 is 0 Å². The molecule has 1 nitrogen and oxygen atoms in total. The van der Waals surface area contributed by atoms with Crippen molar-refractivity contribution >= 4 is 0 Å². The summed E-state index contributed by atoms with van der Waals surface area (Å²) in [5, 5.41) is 0. The van der Waals surface area contributed by atoms with Crippen molar-refractivity contribution in [1.29, 1.82) is 0 Å². The number of rotatable bonds is 0. The first-order valence-corrected chi connectivity index (χ1v) is 3.98. The lowest BCUT2D eigenvalue weighted by molar-refractivity contribution is 0.0234. The van der Waals surface area contributed by atoms with Crippen LogP contribution in [-0.4, -0.2) is 6.10 Å². The fraction of sp³-hybridized carbons (Fsp3) is 0.667. The zero-order valence-corrected chi connectivity index (χ0v) is 6.18. The Kier molecular flexibility index (Phi) is 1.46. The molecule has 1 aliphatic carbocycles. The molecule has 0 aromatic carbocycles. The molecule has 54 valence electrons. The highest BCUT2D eigenvalue weighted by molar-refractivity contribution is 5.04. The van der Waals surface area contributed by atoms with E-state index in [1.54, 1.807) is 0 Å². The van der Waals surface area contributed by atoms with Gasteiger partial charge in [0.15, 0.2) is 0 Å². The van der Waals surface area contributed by atoms with Crippen molar-refractivity contribution < 1.29 is 4.74 Å². The van der Waals surface area contributed by atoms with E-state index in [2.05, 4.69) is 6.58 Å². The SMILES string of the molecule is C=C1C[C@@H]2C[CH+]O[C@H](C1)C2. The van der Waals surface area contributed by atoms with E-state index in [0.29, 0.717) is 6.10 Å². The van der Waals surface area contributed by atoms with E-state index in [1.807, 2.05) is 6.61 Å². The molecular weight excluding hydrogens is 124 g/mol. The van der Waals surface area contributed by atoms with Gasteiger partial charge < -0.3 is 0 Å². The van der Waals surface area contributed by atoms with Crippen LogP contribution in [0.4, 0.5) is 0 Å². The first kappa shape index (κ1) is 6.29. The Balaban J connectivity index is 2.05. The van der Waals surface area contributed by atoms with Crippen molar-refractivity contribution in [3.05, 3.63) is 18.8 Å². The van der Waals surface area contributed by atoms with Gasteiger partial charge in [-0.05, 0) is 19.3 Å². The maximum Gasteiger partial charge on any atom is 0.227 e. The molecule has 2 rings (SSSR count). The molecule has 1 aliphatic heterocycles. The van der Waals surface area contributed by atoms with Gasteiger partial charge in [-0.3, -0.25) is 0 Å². The highest BCUT2D eigenvalue weighted by Gasteiger charge is 2.33. The molecule has 2 atom stereocenters. The average molecular weight is 137 g/mol. The predicted molar refractivity (Wildman–Crippen MR) is 40.3 cm³/mol. The summed E-state index contributed by atoms with van der Waals surface area (Å²) in [5.74, 6) is 0.847. The van der Waals surface area contributed by atoms with Gasteiger partial charge in [-0.15, -0.1) is 0 Å². The fourth-order valence-corrected chi connectivity index (χ4v) is 1.96. The van der Waals surface area contributed by atoms with E-state index in [4.69, 9.17) is 4.74 Å². The lowest BCUT2D eigenvalue weighted by Gasteiger charge is -2.29. The minimum atomic E-state index is 0.472. The quantitative estimate of drug-likeness (QED) is 0.367.